The van der Waals surface area contributed by atoms with Crippen LogP contribution in [-0.2, 0) is 9.59 Å². The van der Waals surface area contributed by atoms with Gasteiger partial charge in [-0.1, -0.05) is 71.5 Å². The minimum atomic E-state index is -0.283. The van der Waals surface area contributed by atoms with Gasteiger partial charge in [0.15, 0.2) is 10.9 Å². The van der Waals surface area contributed by atoms with Crippen LogP contribution in [-0.4, -0.2) is 22.7 Å². The molecule has 3 aromatic carbocycles. The highest BCUT2D eigenvalue weighted by Crippen LogP contribution is 2.37. The number of aryl methyl sites for hydroxylation is 3. The van der Waals surface area contributed by atoms with Crippen LogP contribution in [0.1, 0.15) is 22.3 Å². The number of hydrogen-bond donors (Lipinski definition) is 1. The van der Waals surface area contributed by atoms with Crippen molar-refractivity contribution < 1.29 is 14.3 Å². The number of rotatable bonds is 6. The summed E-state index contributed by atoms with van der Waals surface area (Å²) in [4.78, 5) is 27.5. The average molecular weight is 523 g/mol. The van der Waals surface area contributed by atoms with Crippen molar-refractivity contribution >= 4 is 69.2 Å². The summed E-state index contributed by atoms with van der Waals surface area (Å²) in [6.07, 6.45) is 1.81. The number of carbonyl (C=O) groups excluding carboxylic acids is 2. The molecular weight excluding hydrogens is 500 g/mol. The van der Waals surface area contributed by atoms with Crippen LogP contribution in [0.25, 0.3) is 6.08 Å². The smallest absolute Gasteiger partial charge is 0.270 e. The Kier molecular flexibility index (Phi) is 7.60. The first-order chi connectivity index (χ1) is 16.7. The maximum Gasteiger partial charge on any atom is 0.270 e. The largest absolute Gasteiger partial charge is 0.484 e. The van der Waals surface area contributed by atoms with E-state index in [-0.39, 0.29) is 18.4 Å². The molecule has 0 bridgehead atoms. The average Bonchev–Trinajstić information content (AvgIpc) is 3.08. The van der Waals surface area contributed by atoms with E-state index in [4.69, 9.17) is 28.6 Å². The minimum absolute atomic E-state index is 0.139. The fraction of sp³-hybridized carbons (Fsp3) is 0.148. The molecule has 178 valence electrons. The molecule has 2 amide bonds. The molecule has 1 fully saturated rings. The molecule has 1 N–H and O–H groups in total. The summed E-state index contributed by atoms with van der Waals surface area (Å²) in [6.45, 7) is 5.74. The standard InChI is InChI=1S/C27H23ClN2O3S2/c1-16-4-11-23(18(3)12-16)30-26(32)24(35-27(30)34)13-19-6-9-21(10-7-19)33-15-25(31)29-22-14-20(28)8-5-17(22)2/h4-14H,15H2,1-3H3,(H,29,31)/b24-13-. The van der Waals surface area contributed by atoms with E-state index < -0.39 is 0 Å². The number of amides is 2. The Morgan fingerprint density at radius 3 is 2.51 bits per heavy atom. The third-order valence-electron chi connectivity index (χ3n) is 5.41. The zero-order chi connectivity index (χ0) is 25.1. The van der Waals surface area contributed by atoms with Crippen molar-refractivity contribution in [1.82, 2.24) is 0 Å². The van der Waals surface area contributed by atoms with Gasteiger partial charge in [0.2, 0.25) is 0 Å². The van der Waals surface area contributed by atoms with Crippen molar-refractivity contribution in [2.75, 3.05) is 16.8 Å². The zero-order valence-corrected chi connectivity index (χ0v) is 21.8. The molecule has 0 saturated carbocycles. The second-order valence-corrected chi connectivity index (χ2v) is 10.3. The van der Waals surface area contributed by atoms with Crippen LogP contribution in [0.4, 0.5) is 11.4 Å². The van der Waals surface area contributed by atoms with E-state index in [0.29, 0.717) is 25.7 Å². The Labute approximate surface area is 219 Å². The number of thioether (sulfide) groups is 1. The number of ether oxygens (including phenoxy) is 1. The van der Waals surface area contributed by atoms with E-state index in [1.54, 1.807) is 35.2 Å². The Balaban J connectivity index is 1.39. The third-order valence-corrected chi connectivity index (χ3v) is 6.95. The molecule has 0 aromatic heterocycles. The summed E-state index contributed by atoms with van der Waals surface area (Å²) in [5.41, 5.74) is 5.33. The molecule has 0 spiro atoms. The lowest BCUT2D eigenvalue weighted by Gasteiger charge is -2.17. The maximum atomic E-state index is 13.1. The molecule has 5 nitrogen and oxygen atoms in total. The van der Waals surface area contributed by atoms with Gasteiger partial charge in [0, 0.05) is 10.7 Å². The number of anilines is 2. The first kappa shape index (κ1) is 25.0. The van der Waals surface area contributed by atoms with Crippen LogP contribution in [0.3, 0.4) is 0 Å². The molecule has 1 aliphatic rings. The summed E-state index contributed by atoms with van der Waals surface area (Å²) in [7, 11) is 0. The van der Waals surface area contributed by atoms with Gasteiger partial charge >= 0.3 is 0 Å². The van der Waals surface area contributed by atoms with Gasteiger partial charge in [0.05, 0.1) is 10.6 Å². The maximum absolute atomic E-state index is 13.1. The van der Waals surface area contributed by atoms with E-state index in [2.05, 4.69) is 5.32 Å². The molecule has 8 heteroatoms. The van der Waals surface area contributed by atoms with Gasteiger partial charge in [-0.2, -0.15) is 0 Å². The van der Waals surface area contributed by atoms with Crippen LogP contribution >= 0.6 is 35.6 Å². The lowest BCUT2D eigenvalue weighted by atomic mass is 10.1. The van der Waals surface area contributed by atoms with Gasteiger partial charge in [0.25, 0.3) is 11.8 Å². The monoisotopic (exact) mass is 522 g/mol. The lowest BCUT2D eigenvalue weighted by molar-refractivity contribution is -0.118. The first-order valence-electron chi connectivity index (χ1n) is 10.9. The number of benzene rings is 3. The Morgan fingerprint density at radius 1 is 1.06 bits per heavy atom. The normalized spacial score (nSPS) is 14.5. The van der Waals surface area contributed by atoms with E-state index >= 15 is 0 Å². The predicted octanol–water partition coefficient (Wildman–Crippen LogP) is 6.69. The Morgan fingerprint density at radius 2 is 1.80 bits per heavy atom. The van der Waals surface area contributed by atoms with Gasteiger partial charge in [0.1, 0.15) is 5.75 Å². The summed E-state index contributed by atoms with van der Waals surface area (Å²) >= 11 is 12.8. The van der Waals surface area contributed by atoms with Crippen molar-refractivity contribution in [3.63, 3.8) is 0 Å². The Hall–Kier alpha value is -3.13. The number of nitrogens with zero attached hydrogens (tertiary/aromatic N) is 1. The highest BCUT2D eigenvalue weighted by atomic mass is 35.5. The van der Waals surface area contributed by atoms with Crippen molar-refractivity contribution in [3.05, 3.63) is 92.8 Å². The number of halogens is 1. The van der Waals surface area contributed by atoms with Gasteiger partial charge < -0.3 is 10.1 Å². The summed E-state index contributed by atoms with van der Waals surface area (Å²) < 4.78 is 6.11. The number of nitrogens with one attached hydrogen (secondary N) is 1. The van der Waals surface area contributed by atoms with Crippen molar-refractivity contribution in [2.45, 2.75) is 20.8 Å². The second-order valence-electron chi connectivity index (χ2n) is 8.17. The molecule has 0 radical (unpaired) electrons. The SMILES string of the molecule is Cc1ccc(N2C(=O)/C(=C/c3ccc(OCC(=O)Nc4cc(Cl)ccc4C)cc3)SC2=S)c(C)c1. The van der Waals surface area contributed by atoms with Crippen molar-refractivity contribution in [3.8, 4) is 5.75 Å². The molecule has 1 saturated heterocycles. The number of hydrogen-bond acceptors (Lipinski definition) is 5. The highest BCUT2D eigenvalue weighted by molar-refractivity contribution is 8.27. The van der Waals surface area contributed by atoms with E-state index in [9.17, 15) is 9.59 Å². The molecular formula is C27H23ClN2O3S2. The first-order valence-corrected chi connectivity index (χ1v) is 12.5. The lowest BCUT2D eigenvalue weighted by Crippen LogP contribution is -2.28. The fourth-order valence-corrected chi connectivity index (χ4v) is 5.06. The van der Waals surface area contributed by atoms with Gasteiger partial charge in [-0.3, -0.25) is 14.5 Å². The van der Waals surface area contributed by atoms with Crippen molar-refractivity contribution in [1.29, 1.82) is 0 Å². The second kappa shape index (κ2) is 10.6. The van der Waals surface area contributed by atoms with E-state index in [1.165, 1.54) is 11.8 Å². The van der Waals surface area contributed by atoms with Gasteiger partial charge in [-0.25, -0.2) is 0 Å². The molecule has 1 aliphatic heterocycles. The molecule has 4 rings (SSSR count). The summed E-state index contributed by atoms with van der Waals surface area (Å²) in [5, 5.41) is 3.35. The van der Waals surface area contributed by atoms with Crippen LogP contribution in [0.2, 0.25) is 5.02 Å². The van der Waals surface area contributed by atoms with Gasteiger partial charge in [-0.05, 0) is 73.9 Å². The predicted molar refractivity (Wildman–Crippen MR) is 148 cm³/mol. The van der Waals surface area contributed by atoms with Crippen molar-refractivity contribution in [2.24, 2.45) is 0 Å². The molecule has 35 heavy (non-hydrogen) atoms. The zero-order valence-electron chi connectivity index (χ0n) is 19.4. The molecule has 1 heterocycles. The third kappa shape index (κ3) is 5.93. The summed E-state index contributed by atoms with van der Waals surface area (Å²) in [6, 6.07) is 18.4. The van der Waals surface area contributed by atoms with Gasteiger partial charge in [-0.15, -0.1) is 0 Å². The molecule has 0 aliphatic carbocycles. The summed E-state index contributed by atoms with van der Waals surface area (Å²) in [5.74, 6) is 0.123. The molecule has 0 unspecified atom stereocenters. The number of thiocarbonyl (C=S) groups is 1. The van der Waals surface area contributed by atoms with Crippen LogP contribution in [0.5, 0.6) is 5.75 Å². The molecule has 0 atom stereocenters. The topological polar surface area (TPSA) is 58.6 Å². The van der Waals surface area contributed by atoms with E-state index in [1.807, 2.05) is 57.2 Å². The fourth-order valence-electron chi connectivity index (χ4n) is 3.61. The van der Waals surface area contributed by atoms with E-state index in [0.717, 1.165) is 27.9 Å². The Bertz CT molecular complexity index is 1350. The quantitative estimate of drug-likeness (QED) is 0.289. The number of carbonyl (C=O) groups is 2. The highest BCUT2D eigenvalue weighted by Gasteiger charge is 2.34. The van der Waals surface area contributed by atoms with Crippen LogP contribution < -0.4 is 15.0 Å². The molecule has 3 aromatic rings. The van der Waals surface area contributed by atoms with Crippen LogP contribution in [0.15, 0.2) is 65.6 Å². The van der Waals surface area contributed by atoms with Crippen LogP contribution in [0, 0.1) is 20.8 Å². The minimum Gasteiger partial charge on any atom is -0.484 e.